The van der Waals surface area contributed by atoms with E-state index < -0.39 is 0 Å². The zero-order valence-electron chi connectivity index (χ0n) is 16.1. The highest BCUT2D eigenvalue weighted by Crippen LogP contribution is 2.35. The van der Waals surface area contributed by atoms with Crippen LogP contribution >= 0.6 is 0 Å². The topological polar surface area (TPSA) is 23.5 Å². The first-order chi connectivity index (χ1) is 13.8. The van der Waals surface area contributed by atoms with Crippen LogP contribution in [0.25, 0.3) is 0 Å². The summed E-state index contributed by atoms with van der Waals surface area (Å²) in [4.78, 5) is 2.29. The lowest BCUT2D eigenvalue weighted by Crippen LogP contribution is -2.10. The third-order valence-electron chi connectivity index (χ3n) is 4.41. The Kier molecular flexibility index (Phi) is 7.00. The van der Waals surface area contributed by atoms with Gasteiger partial charge in [-0.3, -0.25) is 0 Å². The van der Waals surface area contributed by atoms with Gasteiger partial charge in [-0.25, -0.2) is 0 Å². The fraction of sp³-hybridized carbons (Fsp3) is 0.0769. The quantitative estimate of drug-likeness (QED) is 0.437. The minimum Gasteiger partial charge on any atom is -0.392 e. The molecule has 0 amide bonds. The second-order valence-corrected chi connectivity index (χ2v) is 6.44. The van der Waals surface area contributed by atoms with E-state index in [1.54, 1.807) is 0 Å². The van der Waals surface area contributed by atoms with Gasteiger partial charge >= 0.3 is 0 Å². The molecule has 0 saturated carbocycles. The molecule has 0 radical (unpaired) electrons. The molecule has 4 aromatic rings. The van der Waals surface area contributed by atoms with Gasteiger partial charge in [0, 0.05) is 17.1 Å². The largest absolute Gasteiger partial charge is 0.392 e. The lowest BCUT2D eigenvalue weighted by Gasteiger charge is -2.26. The number of rotatable bonds is 4. The van der Waals surface area contributed by atoms with Crippen molar-refractivity contribution in [3.8, 4) is 0 Å². The molecule has 0 aliphatic carbocycles. The summed E-state index contributed by atoms with van der Waals surface area (Å²) in [5.41, 5.74) is 5.79. The highest BCUT2D eigenvalue weighted by molar-refractivity contribution is 5.78. The zero-order valence-corrected chi connectivity index (χ0v) is 16.1. The third kappa shape index (κ3) is 5.09. The summed E-state index contributed by atoms with van der Waals surface area (Å²) in [6, 6.07) is 38.9. The Morgan fingerprint density at radius 1 is 0.571 bits per heavy atom. The van der Waals surface area contributed by atoms with Crippen LogP contribution in [0, 0.1) is 6.92 Å². The minimum absolute atomic E-state index is 0.140. The first-order valence-corrected chi connectivity index (χ1v) is 9.40. The van der Waals surface area contributed by atoms with Crippen molar-refractivity contribution in [3.63, 3.8) is 0 Å². The number of anilines is 3. The molecule has 1 N–H and O–H groups in total. The van der Waals surface area contributed by atoms with E-state index in [9.17, 15) is 0 Å². The van der Waals surface area contributed by atoms with E-state index in [1.807, 2.05) is 42.5 Å². The fourth-order valence-corrected chi connectivity index (χ4v) is 2.98. The molecule has 0 atom stereocenters. The van der Waals surface area contributed by atoms with Gasteiger partial charge in [0.25, 0.3) is 0 Å². The smallest absolute Gasteiger partial charge is 0.0681 e. The first kappa shape index (κ1) is 19.4. The van der Waals surface area contributed by atoms with E-state index in [4.69, 9.17) is 5.11 Å². The molecule has 0 bridgehead atoms. The number of para-hydroxylation sites is 3. The summed E-state index contributed by atoms with van der Waals surface area (Å²) >= 11 is 0. The van der Waals surface area contributed by atoms with Gasteiger partial charge in [-0.1, -0.05) is 84.9 Å². The number of hydrogen-bond acceptors (Lipinski definition) is 2. The Morgan fingerprint density at radius 2 is 1.00 bits per heavy atom. The maximum absolute atomic E-state index is 8.54. The van der Waals surface area contributed by atoms with E-state index in [0.29, 0.717) is 0 Å². The van der Waals surface area contributed by atoms with Crippen LogP contribution in [0.4, 0.5) is 17.1 Å². The first-order valence-electron chi connectivity index (χ1n) is 9.40. The summed E-state index contributed by atoms with van der Waals surface area (Å²) in [7, 11) is 0. The molecule has 28 heavy (non-hydrogen) atoms. The standard InChI is InChI=1S/C19H17N.C7H8O/c1-16-10-8-9-15-19(16)20(17-11-4-2-5-12-17)18-13-6-3-7-14-18;8-6-7-4-2-1-3-5-7/h2-15H,1H3;1-5,8H,6H2. The van der Waals surface area contributed by atoms with E-state index in [0.717, 1.165) is 5.56 Å². The Morgan fingerprint density at radius 3 is 1.43 bits per heavy atom. The predicted molar refractivity (Wildman–Crippen MR) is 118 cm³/mol. The van der Waals surface area contributed by atoms with Crippen molar-refractivity contribution < 1.29 is 5.11 Å². The molecule has 0 saturated heterocycles. The fourth-order valence-electron chi connectivity index (χ4n) is 2.98. The van der Waals surface area contributed by atoms with Crippen LogP contribution in [-0.2, 0) is 6.61 Å². The lowest BCUT2D eigenvalue weighted by molar-refractivity contribution is 0.282. The SMILES string of the molecule is Cc1ccccc1N(c1ccccc1)c1ccccc1.OCc1ccccc1. The summed E-state index contributed by atoms with van der Waals surface area (Å²) in [5, 5.41) is 8.54. The maximum Gasteiger partial charge on any atom is 0.0681 e. The number of nitrogens with zero attached hydrogens (tertiary/aromatic N) is 1. The van der Waals surface area contributed by atoms with E-state index in [-0.39, 0.29) is 6.61 Å². The highest BCUT2D eigenvalue weighted by atomic mass is 16.3. The van der Waals surface area contributed by atoms with Crippen LogP contribution in [-0.4, -0.2) is 5.11 Å². The summed E-state index contributed by atoms with van der Waals surface area (Å²) in [6.07, 6.45) is 0. The van der Waals surface area contributed by atoms with Gasteiger partial charge < -0.3 is 10.0 Å². The van der Waals surface area contributed by atoms with Gasteiger partial charge in [0.2, 0.25) is 0 Å². The lowest BCUT2D eigenvalue weighted by atomic mass is 10.1. The average Bonchev–Trinajstić information content (AvgIpc) is 2.78. The molecule has 0 aliphatic rings. The van der Waals surface area contributed by atoms with Crippen LogP contribution in [0.3, 0.4) is 0 Å². The van der Waals surface area contributed by atoms with Crippen molar-refractivity contribution in [2.45, 2.75) is 13.5 Å². The molecule has 0 aliphatic heterocycles. The van der Waals surface area contributed by atoms with Crippen molar-refractivity contribution in [2.24, 2.45) is 0 Å². The third-order valence-corrected chi connectivity index (χ3v) is 4.41. The van der Waals surface area contributed by atoms with E-state index in [1.165, 1.54) is 22.6 Å². The van der Waals surface area contributed by atoms with Gasteiger partial charge in [-0.05, 0) is 48.4 Å². The van der Waals surface area contributed by atoms with Crippen molar-refractivity contribution in [2.75, 3.05) is 4.90 Å². The number of aryl methyl sites for hydroxylation is 1. The zero-order chi connectivity index (χ0) is 19.6. The summed E-state index contributed by atoms with van der Waals surface area (Å²) < 4.78 is 0. The van der Waals surface area contributed by atoms with Gasteiger partial charge in [-0.15, -0.1) is 0 Å². The van der Waals surface area contributed by atoms with Gasteiger partial charge in [0.05, 0.1) is 6.61 Å². The number of aliphatic hydroxyl groups is 1. The van der Waals surface area contributed by atoms with Gasteiger partial charge in [-0.2, -0.15) is 0 Å². The number of hydrogen-bond donors (Lipinski definition) is 1. The van der Waals surface area contributed by atoms with Crippen molar-refractivity contribution in [3.05, 3.63) is 126 Å². The maximum atomic E-state index is 8.54. The average molecular weight is 367 g/mol. The Hall–Kier alpha value is -3.36. The molecule has 2 nitrogen and oxygen atoms in total. The van der Waals surface area contributed by atoms with E-state index >= 15 is 0 Å². The van der Waals surface area contributed by atoms with Crippen LogP contribution in [0.2, 0.25) is 0 Å². The van der Waals surface area contributed by atoms with Crippen molar-refractivity contribution in [1.82, 2.24) is 0 Å². The molecule has 0 aromatic heterocycles. The van der Waals surface area contributed by atoms with Gasteiger partial charge in [0.15, 0.2) is 0 Å². The predicted octanol–water partition coefficient (Wildman–Crippen LogP) is 6.64. The second-order valence-electron chi connectivity index (χ2n) is 6.44. The summed E-state index contributed by atoms with van der Waals surface area (Å²) in [5.74, 6) is 0. The number of benzene rings is 4. The molecule has 0 unspecified atom stereocenters. The molecule has 0 fully saturated rings. The van der Waals surface area contributed by atoms with Crippen LogP contribution < -0.4 is 4.90 Å². The molecular formula is C26H25NO. The molecule has 4 aromatic carbocycles. The Balaban J connectivity index is 0.000000236. The highest BCUT2D eigenvalue weighted by Gasteiger charge is 2.12. The molecule has 4 rings (SSSR count). The number of aliphatic hydroxyl groups excluding tert-OH is 1. The molecule has 140 valence electrons. The molecule has 0 spiro atoms. The van der Waals surface area contributed by atoms with E-state index in [2.05, 4.69) is 84.6 Å². The molecular weight excluding hydrogens is 342 g/mol. The monoisotopic (exact) mass is 367 g/mol. The normalized spacial score (nSPS) is 9.93. The second kappa shape index (κ2) is 10.1. The Labute approximate surface area is 167 Å². The Bertz CT molecular complexity index is 914. The van der Waals surface area contributed by atoms with Crippen molar-refractivity contribution >= 4 is 17.1 Å². The van der Waals surface area contributed by atoms with Crippen LogP contribution in [0.15, 0.2) is 115 Å². The van der Waals surface area contributed by atoms with Crippen LogP contribution in [0.1, 0.15) is 11.1 Å². The van der Waals surface area contributed by atoms with Crippen LogP contribution in [0.5, 0.6) is 0 Å². The molecule has 0 heterocycles. The van der Waals surface area contributed by atoms with Crippen molar-refractivity contribution in [1.29, 1.82) is 0 Å². The summed E-state index contributed by atoms with van der Waals surface area (Å²) in [6.45, 7) is 2.29. The molecule has 2 heteroatoms. The van der Waals surface area contributed by atoms with Gasteiger partial charge in [0.1, 0.15) is 0 Å². The minimum atomic E-state index is 0.140.